The molecular formula is C18H22N4. The maximum Gasteiger partial charge on any atom is 0.0754 e. The lowest BCUT2D eigenvalue weighted by atomic mass is 9.82. The van der Waals surface area contributed by atoms with Crippen molar-refractivity contribution < 1.29 is 0 Å². The molecule has 0 aliphatic carbocycles. The zero-order chi connectivity index (χ0) is 15.1. The van der Waals surface area contributed by atoms with Crippen LogP contribution in [0.5, 0.6) is 0 Å². The van der Waals surface area contributed by atoms with Crippen molar-refractivity contribution in [3.05, 3.63) is 70.8 Å². The Hall–Kier alpha value is -1.72. The van der Waals surface area contributed by atoms with Gasteiger partial charge in [-0.1, -0.05) is 48.5 Å². The van der Waals surface area contributed by atoms with E-state index in [0.29, 0.717) is 0 Å². The summed E-state index contributed by atoms with van der Waals surface area (Å²) >= 11 is 0. The number of hydrazine groups is 1. The van der Waals surface area contributed by atoms with Gasteiger partial charge in [0, 0.05) is 6.42 Å². The van der Waals surface area contributed by atoms with Crippen LogP contribution < -0.4 is 16.9 Å². The first kappa shape index (κ1) is 13.9. The van der Waals surface area contributed by atoms with Gasteiger partial charge in [0.05, 0.1) is 18.2 Å². The fraction of sp³-hybridized carbons (Fsp3) is 0.333. The van der Waals surface area contributed by atoms with Crippen molar-refractivity contribution >= 4 is 0 Å². The lowest BCUT2D eigenvalue weighted by Gasteiger charge is -2.44. The monoisotopic (exact) mass is 294 g/mol. The maximum atomic E-state index is 6.39. The van der Waals surface area contributed by atoms with Crippen LogP contribution in [0.1, 0.15) is 34.3 Å². The molecule has 0 amide bonds. The summed E-state index contributed by atoms with van der Waals surface area (Å²) in [5.41, 5.74) is 11.6. The maximum absolute atomic E-state index is 6.39. The Bertz CT molecular complexity index is 684. The molecule has 0 fully saturated rings. The lowest BCUT2D eigenvalue weighted by molar-refractivity contribution is 0.0896. The van der Waals surface area contributed by atoms with Crippen molar-refractivity contribution in [1.29, 1.82) is 0 Å². The first-order valence-electron chi connectivity index (χ1n) is 7.93. The molecule has 2 aromatic rings. The molecule has 2 aliphatic heterocycles. The topological polar surface area (TPSA) is 67.3 Å². The number of benzene rings is 2. The molecule has 0 saturated carbocycles. The second kappa shape index (κ2) is 5.48. The molecule has 114 valence electrons. The van der Waals surface area contributed by atoms with E-state index in [2.05, 4.69) is 53.8 Å². The van der Waals surface area contributed by atoms with E-state index in [-0.39, 0.29) is 18.2 Å². The van der Waals surface area contributed by atoms with Gasteiger partial charge in [-0.3, -0.25) is 5.84 Å². The van der Waals surface area contributed by atoms with Gasteiger partial charge in [0.1, 0.15) is 0 Å². The third-order valence-corrected chi connectivity index (χ3v) is 4.97. The standard InChI is InChI=1S/C18H22N4/c19-16-11-13-6-2-4-8-15(13)18(22(16)20)17-14-7-3-1-5-12(14)9-10-21-17/h1-8,16-18,21H,9-11,19-20H2. The van der Waals surface area contributed by atoms with Crippen molar-refractivity contribution in [1.82, 2.24) is 10.3 Å². The van der Waals surface area contributed by atoms with Crippen LogP contribution in [0.4, 0.5) is 0 Å². The Morgan fingerprint density at radius 3 is 2.45 bits per heavy atom. The third-order valence-electron chi connectivity index (χ3n) is 4.97. The van der Waals surface area contributed by atoms with Crippen LogP contribution in [0.3, 0.4) is 0 Å². The Morgan fingerprint density at radius 2 is 1.64 bits per heavy atom. The molecule has 2 aliphatic rings. The molecule has 22 heavy (non-hydrogen) atoms. The zero-order valence-corrected chi connectivity index (χ0v) is 12.6. The van der Waals surface area contributed by atoms with E-state index < -0.39 is 0 Å². The van der Waals surface area contributed by atoms with Gasteiger partial charge >= 0.3 is 0 Å². The number of hydrogen-bond donors (Lipinski definition) is 3. The van der Waals surface area contributed by atoms with E-state index in [1.807, 2.05) is 5.01 Å². The first-order chi connectivity index (χ1) is 10.8. The van der Waals surface area contributed by atoms with Gasteiger partial charge in [0.15, 0.2) is 0 Å². The predicted molar refractivity (Wildman–Crippen MR) is 87.8 cm³/mol. The Morgan fingerprint density at radius 1 is 0.955 bits per heavy atom. The number of fused-ring (bicyclic) bond motifs is 2. The number of rotatable bonds is 1. The minimum Gasteiger partial charge on any atom is -0.314 e. The van der Waals surface area contributed by atoms with Crippen LogP contribution in [0, 0.1) is 0 Å². The first-order valence-corrected chi connectivity index (χ1v) is 7.93. The molecular weight excluding hydrogens is 272 g/mol. The molecule has 4 nitrogen and oxygen atoms in total. The van der Waals surface area contributed by atoms with E-state index in [1.165, 1.54) is 22.3 Å². The molecule has 4 heteroatoms. The van der Waals surface area contributed by atoms with Crippen LogP contribution >= 0.6 is 0 Å². The Balaban J connectivity index is 1.82. The van der Waals surface area contributed by atoms with Gasteiger partial charge in [-0.15, -0.1) is 0 Å². The molecule has 5 N–H and O–H groups in total. The SMILES string of the molecule is NC1Cc2ccccc2C(C2NCCc3ccccc32)N1N. The average Bonchev–Trinajstić information content (AvgIpc) is 2.56. The predicted octanol–water partition coefficient (Wildman–Crippen LogP) is 1.63. The fourth-order valence-electron chi connectivity index (χ4n) is 3.88. The normalized spacial score (nSPS) is 28.0. The molecule has 3 unspecified atom stereocenters. The summed E-state index contributed by atoms with van der Waals surface area (Å²) in [6.07, 6.45) is 1.73. The number of nitrogens with zero attached hydrogens (tertiary/aromatic N) is 1. The lowest BCUT2D eigenvalue weighted by Crippen LogP contribution is -2.56. The van der Waals surface area contributed by atoms with Crippen molar-refractivity contribution in [2.45, 2.75) is 31.1 Å². The van der Waals surface area contributed by atoms with Gasteiger partial charge in [-0.2, -0.15) is 0 Å². The van der Waals surface area contributed by atoms with Crippen molar-refractivity contribution in [3.63, 3.8) is 0 Å². The summed E-state index contributed by atoms with van der Waals surface area (Å²) in [5, 5.41) is 5.50. The van der Waals surface area contributed by atoms with Gasteiger partial charge < -0.3 is 11.1 Å². The van der Waals surface area contributed by atoms with Crippen molar-refractivity contribution in [2.75, 3.05) is 6.54 Å². The Kier molecular flexibility index (Phi) is 3.47. The summed E-state index contributed by atoms with van der Waals surface area (Å²) in [6.45, 7) is 0.976. The molecule has 2 heterocycles. The largest absolute Gasteiger partial charge is 0.314 e. The highest BCUT2D eigenvalue weighted by atomic mass is 15.5. The van der Waals surface area contributed by atoms with Gasteiger partial charge in [-0.25, -0.2) is 5.01 Å². The molecule has 4 rings (SSSR count). The summed E-state index contributed by atoms with van der Waals surface area (Å²) < 4.78 is 0. The summed E-state index contributed by atoms with van der Waals surface area (Å²) in [6, 6.07) is 17.4. The Labute approximate surface area is 131 Å². The molecule has 0 bridgehead atoms. The smallest absolute Gasteiger partial charge is 0.0754 e. The minimum atomic E-state index is -0.143. The molecule has 0 aromatic heterocycles. The van der Waals surface area contributed by atoms with E-state index in [0.717, 1.165) is 19.4 Å². The number of hydrogen-bond acceptors (Lipinski definition) is 4. The second-order valence-electron chi connectivity index (χ2n) is 6.24. The van der Waals surface area contributed by atoms with Crippen LogP contribution in [0.25, 0.3) is 0 Å². The van der Waals surface area contributed by atoms with E-state index in [1.54, 1.807) is 0 Å². The highest BCUT2D eigenvalue weighted by Crippen LogP contribution is 2.40. The molecule has 0 radical (unpaired) electrons. The molecule has 3 atom stereocenters. The number of nitrogens with two attached hydrogens (primary N) is 2. The fourth-order valence-corrected chi connectivity index (χ4v) is 3.88. The van der Waals surface area contributed by atoms with Gasteiger partial charge in [0.25, 0.3) is 0 Å². The van der Waals surface area contributed by atoms with Crippen LogP contribution in [0.2, 0.25) is 0 Å². The summed E-state index contributed by atoms with van der Waals surface area (Å²) in [7, 11) is 0. The van der Waals surface area contributed by atoms with E-state index >= 15 is 0 Å². The van der Waals surface area contributed by atoms with Crippen LogP contribution in [0.15, 0.2) is 48.5 Å². The minimum absolute atomic E-state index is 0.0707. The summed E-state index contributed by atoms with van der Waals surface area (Å²) in [5.74, 6) is 6.39. The summed E-state index contributed by atoms with van der Waals surface area (Å²) in [4.78, 5) is 0. The van der Waals surface area contributed by atoms with Crippen molar-refractivity contribution in [2.24, 2.45) is 11.6 Å². The quantitative estimate of drug-likeness (QED) is 0.699. The molecule has 0 spiro atoms. The highest BCUT2D eigenvalue weighted by Gasteiger charge is 2.38. The zero-order valence-electron chi connectivity index (χ0n) is 12.6. The van der Waals surface area contributed by atoms with Gasteiger partial charge in [0.2, 0.25) is 0 Å². The van der Waals surface area contributed by atoms with Crippen molar-refractivity contribution in [3.8, 4) is 0 Å². The van der Waals surface area contributed by atoms with Crippen LogP contribution in [-0.2, 0) is 12.8 Å². The van der Waals surface area contributed by atoms with E-state index in [9.17, 15) is 0 Å². The van der Waals surface area contributed by atoms with Gasteiger partial charge in [-0.05, 0) is 35.2 Å². The third kappa shape index (κ3) is 2.16. The highest BCUT2D eigenvalue weighted by molar-refractivity contribution is 5.40. The second-order valence-corrected chi connectivity index (χ2v) is 6.24. The average molecular weight is 294 g/mol. The molecule has 0 saturated heterocycles. The van der Waals surface area contributed by atoms with Crippen LogP contribution in [-0.4, -0.2) is 17.7 Å². The number of nitrogens with one attached hydrogen (secondary N) is 1. The molecule has 2 aromatic carbocycles. The van der Waals surface area contributed by atoms with E-state index in [4.69, 9.17) is 11.6 Å².